The maximum absolute atomic E-state index is 11.8. The fraction of sp³-hybridized carbons (Fsp3) is 0.609. The second kappa shape index (κ2) is 18.3. The summed E-state index contributed by atoms with van der Waals surface area (Å²) in [6, 6.07) is 9.67. The predicted octanol–water partition coefficient (Wildman–Crippen LogP) is 1.05. The molecule has 1 aromatic carbocycles. The molecule has 2 rings (SSSR count). The molecule has 5 N–H and O–H groups in total. The van der Waals surface area contributed by atoms with E-state index in [1.54, 1.807) is 14.0 Å². The summed E-state index contributed by atoms with van der Waals surface area (Å²) in [5.74, 6) is -0.0852. The Balaban J connectivity index is 0.000000539. The monoisotopic (exact) mass is 435 g/mol. The molecule has 1 heterocycles. The van der Waals surface area contributed by atoms with E-state index < -0.39 is 6.04 Å². The van der Waals surface area contributed by atoms with Crippen LogP contribution in [-0.4, -0.2) is 68.4 Å². The van der Waals surface area contributed by atoms with Crippen LogP contribution in [0.4, 0.5) is 0 Å². The van der Waals surface area contributed by atoms with Gasteiger partial charge in [0.2, 0.25) is 17.7 Å². The van der Waals surface area contributed by atoms with Gasteiger partial charge in [-0.1, -0.05) is 44.2 Å². The number of nitrogens with two attached hydrogens (primary N) is 1. The lowest BCUT2D eigenvalue weighted by Crippen LogP contribution is -2.47. The van der Waals surface area contributed by atoms with Gasteiger partial charge >= 0.3 is 0 Å². The number of hydrogen-bond donors (Lipinski definition) is 4. The molecule has 176 valence electrons. The second-order valence-corrected chi connectivity index (χ2v) is 6.98. The molecule has 8 heteroatoms. The lowest BCUT2D eigenvalue weighted by atomic mass is 10.1. The Morgan fingerprint density at radius 3 is 2.23 bits per heavy atom. The number of likely N-dealkylation sites (tertiary alicyclic amines) is 1. The molecule has 1 unspecified atom stereocenters. The predicted molar refractivity (Wildman–Crippen MR) is 126 cm³/mol. The summed E-state index contributed by atoms with van der Waals surface area (Å²) in [6.07, 6.45) is 3.43. The molecule has 1 fully saturated rings. The molecule has 1 atom stereocenters. The third-order valence-electron chi connectivity index (χ3n) is 4.45. The highest BCUT2D eigenvalue weighted by Crippen LogP contribution is 2.08. The smallest absolute Gasteiger partial charge is 0.244 e. The van der Waals surface area contributed by atoms with Crippen LogP contribution in [0.5, 0.6) is 0 Å². The average molecular weight is 436 g/mol. The Morgan fingerprint density at radius 2 is 1.68 bits per heavy atom. The first-order valence-corrected chi connectivity index (χ1v) is 11.2. The molecule has 0 bridgehead atoms. The molecule has 1 aliphatic rings. The van der Waals surface area contributed by atoms with E-state index >= 15 is 0 Å². The number of nitrogens with zero attached hydrogens (tertiary/aromatic N) is 1. The van der Waals surface area contributed by atoms with Gasteiger partial charge in [-0.15, -0.1) is 0 Å². The Labute approximate surface area is 187 Å². The quantitative estimate of drug-likeness (QED) is 0.463. The van der Waals surface area contributed by atoms with E-state index in [4.69, 9.17) is 5.73 Å². The number of amides is 3. The van der Waals surface area contributed by atoms with Gasteiger partial charge in [0.25, 0.3) is 0 Å². The molecule has 0 aromatic heterocycles. The zero-order valence-electron chi connectivity index (χ0n) is 19.6. The molecule has 1 aromatic rings. The third-order valence-corrected chi connectivity index (χ3v) is 4.45. The lowest BCUT2D eigenvalue weighted by molar-refractivity contribution is -0.134. The number of hydrogen-bond acceptors (Lipinski definition) is 5. The van der Waals surface area contributed by atoms with E-state index in [1.807, 2.05) is 36.9 Å². The number of carbonyl (C=O) groups excluding carboxylic acids is 3. The van der Waals surface area contributed by atoms with Crippen LogP contribution in [0.15, 0.2) is 30.3 Å². The maximum atomic E-state index is 11.8. The van der Waals surface area contributed by atoms with Gasteiger partial charge in [-0.2, -0.15) is 0 Å². The Kier molecular flexibility index (Phi) is 16.9. The van der Waals surface area contributed by atoms with Gasteiger partial charge in [-0.05, 0) is 38.8 Å². The van der Waals surface area contributed by atoms with Crippen molar-refractivity contribution in [3.63, 3.8) is 0 Å². The molecule has 0 aliphatic carbocycles. The van der Waals surface area contributed by atoms with E-state index in [2.05, 4.69) is 28.1 Å². The van der Waals surface area contributed by atoms with Crippen LogP contribution < -0.4 is 21.7 Å². The van der Waals surface area contributed by atoms with Gasteiger partial charge in [-0.3, -0.25) is 14.4 Å². The van der Waals surface area contributed by atoms with Gasteiger partial charge in [0.05, 0.1) is 6.54 Å². The van der Waals surface area contributed by atoms with Crippen molar-refractivity contribution < 1.29 is 14.4 Å². The van der Waals surface area contributed by atoms with Crippen LogP contribution in [0.3, 0.4) is 0 Å². The number of likely N-dealkylation sites (N-methyl/N-ethyl adjacent to an activating group) is 1. The van der Waals surface area contributed by atoms with Gasteiger partial charge < -0.3 is 26.6 Å². The first-order chi connectivity index (χ1) is 15.0. The normalized spacial score (nSPS) is 13.1. The molecular weight excluding hydrogens is 394 g/mol. The SMILES string of the molecule is CC.CNCC(=O)NC(C)C(=O)N1CCCC1.NCCC(=O)NCCc1ccccc1. The van der Waals surface area contributed by atoms with Crippen molar-refractivity contribution >= 4 is 17.7 Å². The lowest BCUT2D eigenvalue weighted by Gasteiger charge is -2.21. The molecule has 0 spiro atoms. The number of benzene rings is 1. The topological polar surface area (TPSA) is 117 Å². The van der Waals surface area contributed by atoms with Crippen molar-refractivity contribution in [1.82, 2.24) is 20.9 Å². The number of nitrogens with one attached hydrogen (secondary N) is 3. The minimum Gasteiger partial charge on any atom is -0.356 e. The Hall–Kier alpha value is -2.45. The summed E-state index contributed by atoms with van der Waals surface area (Å²) in [5, 5.41) is 8.22. The van der Waals surface area contributed by atoms with Gasteiger partial charge in [0.1, 0.15) is 6.04 Å². The zero-order valence-corrected chi connectivity index (χ0v) is 19.6. The van der Waals surface area contributed by atoms with Crippen LogP contribution in [0.25, 0.3) is 0 Å². The van der Waals surface area contributed by atoms with Crippen molar-refractivity contribution in [3.05, 3.63) is 35.9 Å². The van der Waals surface area contributed by atoms with Crippen LogP contribution in [0, 0.1) is 0 Å². The Bertz CT molecular complexity index is 619. The zero-order chi connectivity index (χ0) is 23.5. The highest BCUT2D eigenvalue weighted by Gasteiger charge is 2.23. The second-order valence-electron chi connectivity index (χ2n) is 6.98. The van der Waals surface area contributed by atoms with Crippen LogP contribution in [0.1, 0.15) is 45.6 Å². The molecule has 8 nitrogen and oxygen atoms in total. The van der Waals surface area contributed by atoms with Gasteiger partial charge in [0.15, 0.2) is 0 Å². The summed E-state index contributed by atoms with van der Waals surface area (Å²) in [4.78, 5) is 35.9. The molecule has 31 heavy (non-hydrogen) atoms. The molecule has 1 aliphatic heterocycles. The summed E-state index contributed by atoms with van der Waals surface area (Å²) < 4.78 is 0. The van der Waals surface area contributed by atoms with Crippen LogP contribution >= 0.6 is 0 Å². The fourth-order valence-corrected chi connectivity index (χ4v) is 2.94. The van der Waals surface area contributed by atoms with E-state index in [0.29, 0.717) is 19.5 Å². The van der Waals surface area contributed by atoms with Crippen molar-refractivity contribution in [2.45, 2.75) is 52.5 Å². The summed E-state index contributed by atoms with van der Waals surface area (Å²) in [7, 11) is 1.70. The number of carbonyl (C=O) groups is 3. The van der Waals surface area contributed by atoms with E-state index in [-0.39, 0.29) is 24.3 Å². The highest BCUT2D eigenvalue weighted by molar-refractivity contribution is 5.88. The molecule has 0 radical (unpaired) electrons. The van der Waals surface area contributed by atoms with Crippen molar-refractivity contribution in [2.24, 2.45) is 5.73 Å². The maximum Gasteiger partial charge on any atom is 0.244 e. The standard InChI is InChI=1S/C11H16N2O.C10H19N3O2.C2H6/c12-8-6-11(14)13-9-7-10-4-2-1-3-5-10;1-8(12-9(14)7-11-2)10(15)13-5-3-4-6-13;1-2/h1-5H,6-9,12H2,(H,13,14);8,11H,3-7H2,1-2H3,(H,12,14);1-2H3. The van der Waals surface area contributed by atoms with E-state index in [9.17, 15) is 14.4 Å². The molecule has 0 saturated carbocycles. The third kappa shape index (κ3) is 13.5. The first-order valence-electron chi connectivity index (χ1n) is 11.2. The highest BCUT2D eigenvalue weighted by atomic mass is 16.2. The fourth-order valence-electron chi connectivity index (χ4n) is 2.94. The van der Waals surface area contributed by atoms with Gasteiger partial charge in [-0.25, -0.2) is 0 Å². The molecular formula is C23H41N5O3. The van der Waals surface area contributed by atoms with E-state index in [1.165, 1.54) is 5.56 Å². The number of rotatable bonds is 9. The minimum absolute atomic E-state index is 0.0250. The first kappa shape index (κ1) is 28.5. The molecule has 3 amide bonds. The van der Waals surface area contributed by atoms with Crippen molar-refractivity contribution in [2.75, 3.05) is 39.8 Å². The largest absolute Gasteiger partial charge is 0.356 e. The summed E-state index contributed by atoms with van der Waals surface area (Å²) in [6.45, 7) is 8.72. The average Bonchev–Trinajstić information content (AvgIpc) is 3.31. The van der Waals surface area contributed by atoms with E-state index in [0.717, 1.165) is 32.4 Å². The minimum atomic E-state index is -0.413. The summed E-state index contributed by atoms with van der Waals surface area (Å²) in [5.41, 5.74) is 6.49. The Morgan fingerprint density at radius 1 is 1.06 bits per heavy atom. The van der Waals surface area contributed by atoms with Crippen LogP contribution in [-0.2, 0) is 20.8 Å². The summed E-state index contributed by atoms with van der Waals surface area (Å²) >= 11 is 0. The van der Waals surface area contributed by atoms with Crippen molar-refractivity contribution in [1.29, 1.82) is 0 Å². The van der Waals surface area contributed by atoms with Crippen LogP contribution in [0.2, 0.25) is 0 Å². The van der Waals surface area contributed by atoms with Crippen molar-refractivity contribution in [3.8, 4) is 0 Å². The van der Waals surface area contributed by atoms with Gasteiger partial charge in [0, 0.05) is 32.6 Å². The molecule has 1 saturated heterocycles.